The third-order valence-corrected chi connectivity index (χ3v) is 4.76. The van der Waals surface area contributed by atoms with Crippen molar-refractivity contribution < 1.29 is 0 Å². The molecule has 2 heterocycles. The largest absolute Gasteiger partial charge is 0.317 e. The molecular formula is C15H31N3. The van der Waals surface area contributed by atoms with E-state index in [0.29, 0.717) is 6.04 Å². The SMILES string of the molecule is CNC(C)CCCCN1CCC(N2CCCC2)C1. The lowest BCUT2D eigenvalue weighted by molar-refractivity contribution is 0.230. The van der Waals surface area contributed by atoms with Crippen LogP contribution in [0.1, 0.15) is 45.4 Å². The first-order chi connectivity index (χ1) is 8.79. The fourth-order valence-corrected chi connectivity index (χ4v) is 3.35. The maximum Gasteiger partial charge on any atom is 0.0235 e. The van der Waals surface area contributed by atoms with Crippen molar-refractivity contribution in [2.45, 2.75) is 57.5 Å². The summed E-state index contributed by atoms with van der Waals surface area (Å²) in [6, 6.07) is 1.56. The van der Waals surface area contributed by atoms with Gasteiger partial charge in [-0.05, 0) is 72.3 Å². The highest BCUT2D eigenvalue weighted by Gasteiger charge is 2.28. The fraction of sp³-hybridized carbons (Fsp3) is 1.00. The molecule has 106 valence electrons. The van der Waals surface area contributed by atoms with E-state index in [1.54, 1.807) is 0 Å². The molecule has 2 aliphatic heterocycles. The van der Waals surface area contributed by atoms with Gasteiger partial charge in [-0.3, -0.25) is 4.90 Å². The van der Waals surface area contributed by atoms with Crippen LogP contribution in [0.5, 0.6) is 0 Å². The second-order valence-electron chi connectivity index (χ2n) is 6.17. The monoisotopic (exact) mass is 253 g/mol. The van der Waals surface area contributed by atoms with Crippen LogP contribution >= 0.6 is 0 Å². The molecule has 2 aliphatic rings. The van der Waals surface area contributed by atoms with Crippen LogP contribution in [-0.4, -0.2) is 61.7 Å². The molecule has 2 rings (SSSR count). The fourth-order valence-electron chi connectivity index (χ4n) is 3.35. The van der Waals surface area contributed by atoms with Gasteiger partial charge >= 0.3 is 0 Å². The number of hydrogen-bond donors (Lipinski definition) is 1. The molecule has 0 spiro atoms. The Morgan fingerprint density at radius 3 is 2.67 bits per heavy atom. The van der Waals surface area contributed by atoms with E-state index >= 15 is 0 Å². The average molecular weight is 253 g/mol. The van der Waals surface area contributed by atoms with E-state index in [1.807, 2.05) is 0 Å². The minimum Gasteiger partial charge on any atom is -0.317 e. The minimum atomic E-state index is 0.681. The quantitative estimate of drug-likeness (QED) is 0.700. The van der Waals surface area contributed by atoms with Gasteiger partial charge < -0.3 is 10.2 Å². The standard InChI is InChI=1S/C15H31N3/c1-14(16-2)7-3-4-9-17-12-8-15(13-17)18-10-5-6-11-18/h14-16H,3-13H2,1-2H3. The molecule has 0 aromatic carbocycles. The van der Waals surface area contributed by atoms with E-state index in [-0.39, 0.29) is 0 Å². The van der Waals surface area contributed by atoms with E-state index in [0.717, 1.165) is 6.04 Å². The number of nitrogens with zero attached hydrogens (tertiary/aromatic N) is 2. The molecular weight excluding hydrogens is 222 g/mol. The van der Waals surface area contributed by atoms with Gasteiger partial charge in [0.1, 0.15) is 0 Å². The van der Waals surface area contributed by atoms with Crippen LogP contribution in [0.15, 0.2) is 0 Å². The molecule has 0 aliphatic carbocycles. The van der Waals surface area contributed by atoms with Gasteiger partial charge in [0.05, 0.1) is 0 Å². The maximum atomic E-state index is 3.32. The second kappa shape index (κ2) is 7.46. The third-order valence-electron chi connectivity index (χ3n) is 4.76. The van der Waals surface area contributed by atoms with Crippen LogP contribution < -0.4 is 5.32 Å². The zero-order chi connectivity index (χ0) is 12.8. The Hall–Kier alpha value is -0.120. The summed E-state index contributed by atoms with van der Waals surface area (Å²) >= 11 is 0. The number of rotatable bonds is 7. The molecule has 0 amide bonds. The summed E-state index contributed by atoms with van der Waals surface area (Å²) in [6.07, 6.45) is 8.33. The molecule has 3 heteroatoms. The Morgan fingerprint density at radius 1 is 1.17 bits per heavy atom. The molecule has 2 fully saturated rings. The third kappa shape index (κ3) is 4.22. The van der Waals surface area contributed by atoms with E-state index in [2.05, 4.69) is 29.1 Å². The van der Waals surface area contributed by atoms with Gasteiger partial charge in [-0.25, -0.2) is 0 Å². The zero-order valence-corrected chi connectivity index (χ0v) is 12.3. The minimum absolute atomic E-state index is 0.681. The molecule has 1 N–H and O–H groups in total. The van der Waals surface area contributed by atoms with Crippen molar-refractivity contribution in [3.8, 4) is 0 Å². The Balaban J connectivity index is 1.55. The maximum absolute atomic E-state index is 3.32. The summed E-state index contributed by atoms with van der Waals surface area (Å²) in [4.78, 5) is 5.41. The van der Waals surface area contributed by atoms with Gasteiger partial charge in [0.2, 0.25) is 0 Å². The first kappa shape index (κ1) is 14.3. The predicted octanol–water partition coefficient (Wildman–Crippen LogP) is 1.93. The van der Waals surface area contributed by atoms with Crippen molar-refractivity contribution in [2.24, 2.45) is 0 Å². The highest BCUT2D eigenvalue weighted by molar-refractivity contribution is 4.85. The number of hydrogen-bond acceptors (Lipinski definition) is 3. The van der Waals surface area contributed by atoms with Crippen molar-refractivity contribution in [1.82, 2.24) is 15.1 Å². The highest BCUT2D eigenvalue weighted by atomic mass is 15.3. The molecule has 2 unspecified atom stereocenters. The van der Waals surface area contributed by atoms with Crippen molar-refractivity contribution in [2.75, 3.05) is 39.8 Å². The topological polar surface area (TPSA) is 18.5 Å². The van der Waals surface area contributed by atoms with E-state index in [4.69, 9.17) is 0 Å². The van der Waals surface area contributed by atoms with Crippen molar-refractivity contribution in [3.63, 3.8) is 0 Å². The van der Waals surface area contributed by atoms with Crippen molar-refractivity contribution >= 4 is 0 Å². The summed E-state index contributed by atoms with van der Waals surface area (Å²) in [7, 11) is 2.06. The van der Waals surface area contributed by atoms with Crippen LogP contribution in [-0.2, 0) is 0 Å². The van der Waals surface area contributed by atoms with Crippen LogP contribution in [0.3, 0.4) is 0 Å². The molecule has 18 heavy (non-hydrogen) atoms. The van der Waals surface area contributed by atoms with E-state index in [9.17, 15) is 0 Å². The molecule has 0 saturated carbocycles. The summed E-state index contributed by atoms with van der Waals surface area (Å²) in [5.41, 5.74) is 0. The molecule has 3 nitrogen and oxygen atoms in total. The summed E-state index contributed by atoms with van der Waals surface area (Å²) in [6.45, 7) is 8.99. The smallest absolute Gasteiger partial charge is 0.0235 e. The highest BCUT2D eigenvalue weighted by Crippen LogP contribution is 2.20. The van der Waals surface area contributed by atoms with Crippen LogP contribution in [0.2, 0.25) is 0 Å². The Bertz CT molecular complexity index is 226. The number of unbranched alkanes of at least 4 members (excludes halogenated alkanes) is 1. The first-order valence-electron chi connectivity index (χ1n) is 7.93. The van der Waals surface area contributed by atoms with Gasteiger partial charge in [-0.15, -0.1) is 0 Å². The summed E-state index contributed by atoms with van der Waals surface area (Å²) in [5, 5.41) is 3.32. The normalized spacial score (nSPS) is 28.0. The van der Waals surface area contributed by atoms with Gasteiger partial charge in [-0.2, -0.15) is 0 Å². The zero-order valence-electron chi connectivity index (χ0n) is 12.3. The van der Waals surface area contributed by atoms with Crippen molar-refractivity contribution in [1.29, 1.82) is 0 Å². The van der Waals surface area contributed by atoms with Crippen LogP contribution in [0.25, 0.3) is 0 Å². The Morgan fingerprint density at radius 2 is 1.94 bits per heavy atom. The van der Waals surface area contributed by atoms with Gasteiger partial charge in [0, 0.05) is 18.6 Å². The van der Waals surface area contributed by atoms with Crippen molar-refractivity contribution in [3.05, 3.63) is 0 Å². The molecule has 0 aromatic rings. The van der Waals surface area contributed by atoms with E-state index in [1.165, 1.54) is 71.2 Å². The molecule has 2 saturated heterocycles. The van der Waals surface area contributed by atoms with E-state index < -0.39 is 0 Å². The lowest BCUT2D eigenvalue weighted by Gasteiger charge is -2.23. The molecule has 0 bridgehead atoms. The summed E-state index contributed by atoms with van der Waals surface area (Å²) in [5.74, 6) is 0. The van der Waals surface area contributed by atoms with Gasteiger partial charge in [0.15, 0.2) is 0 Å². The number of nitrogens with one attached hydrogen (secondary N) is 1. The molecule has 0 aromatic heterocycles. The average Bonchev–Trinajstić information content (AvgIpc) is 3.04. The Kier molecular flexibility index (Phi) is 5.93. The summed E-state index contributed by atoms with van der Waals surface area (Å²) < 4.78 is 0. The predicted molar refractivity (Wildman–Crippen MR) is 78.0 cm³/mol. The second-order valence-corrected chi connectivity index (χ2v) is 6.17. The van der Waals surface area contributed by atoms with Gasteiger partial charge in [0.25, 0.3) is 0 Å². The van der Waals surface area contributed by atoms with Crippen LogP contribution in [0.4, 0.5) is 0 Å². The van der Waals surface area contributed by atoms with Crippen LogP contribution in [0, 0.1) is 0 Å². The lowest BCUT2D eigenvalue weighted by Crippen LogP contribution is -2.35. The molecule has 2 atom stereocenters. The Labute approximate surface area is 113 Å². The first-order valence-corrected chi connectivity index (χ1v) is 7.93. The van der Waals surface area contributed by atoms with Gasteiger partial charge in [-0.1, -0.05) is 6.42 Å². The molecule has 0 radical (unpaired) electrons. The lowest BCUT2D eigenvalue weighted by atomic mass is 10.1. The number of likely N-dealkylation sites (tertiary alicyclic amines) is 2.